The fraction of sp³-hybridized carbons (Fsp3) is 0.650. The van der Waals surface area contributed by atoms with Crippen molar-refractivity contribution in [2.24, 2.45) is 5.92 Å². The summed E-state index contributed by atoms with van der Waals surface area (Å²) in [7, 11) is 0. The van der Waals surface area contributed by atoms with Crippen LogP contribution in [0.5, 0.6) is 0 Å². The quantitative estimate of drug-likeness (QED) is 0.569. The molecule has 0 aromatic heterocycles. The maximum absolute atomic E-state index is 12.0. The highest BCUT2D eigenvalue weighted by Gasteiger charge is 2.32. The number of hydrogen-bond acceptors (Lipinski definition) is 4. The zero-order chi connectivity index (χ0) is 18.0. The fourth-order valence-electron chi connectivity index (χ4n) is 3.14. The van der Waals surface area contributed by atoms with Crippen LogP contribution in [0.1, 0.15) is 59.8 Å². The van der Waals surface area contributed by atoms with Crippen LogP contribution in [-0.4, -0.2) is 33.5 Å². The molecule has 0 fully saturated rings. The second-order valence-electron chi connectivity index (χ2n) is 7.77. The third kappa shape index (κ3) is 4.81. The Bertz CT molecular complexity index is 568. The van der Waals surface area contributed by atoms with Gasteiger partial charge in [0.1, 0.15) is 6.10 Å². The molecular weight excluding hydrogens is 304 g/mol. The first-order valence-electron chi connectivity index (χ1n) is 8.84. The van der Waals surface area contributed by atoms with Gasteiger partial charge in [-0.25, -0.2) is 4.79 Å². The van der Waals surface area contributed by atoms with E-state index < -0.39 is 11.2 Å². The Hall–Kier alpha value is -1.39. The molecule has 24 heavy (non-hydrogen) atoms. The number of aliphatic hydroxyl groups is 2. The van der Waals surface area contributed by atoms with Gasteiger partial charge in [-0.15, -0.1) is 0 Å². The number of carbonyl (C=O) groups is 1. The Kier molecular flexibility index (Phi) is 5.71. The molecule has 4 heteroatoms. The van der Waals surface area contributed by atoms with E-state index in [0.29, 0.717) is 31.3 Å². The first-order valence-corrected chi connectivity index (χ1v) is 8.84. The standard InChI is InChI=1S/C20H30O4/c1-14(2)20(23)9-7-16-13-17(24-18(16)21)12-15(3)6-5-8-19(4,22)10-11-20/h6,10-11,13-14,17,22-23H,5,7-9,12H2,1-4H3/b11-10-,15-6-/t17-,19+,20+/m0/s1. The van der Waals surface area contributed by atoms with E-state index in [2.05, 4.69) is 6.08 Å². The Labute approximate surface area is 144 Å². The Morgan fingerprint density at radius 2 is 1.96 bits per heavy atom. The van der Waals surface area contributed by atoms with Crippen molar-refractivity contribution in [2.75, 3.05) is 0 Å². The van der Waals surface area contributed by atoms with E-state index in [1.54, 1.807) is 19.1 Å². The highest BCUT2D eigenvalue weighted by Crippen LogP contribution is 2.31. The summed E-state index contributed by atoms with van der Waals surface area (Å²) >= 11 is 0. The maximum Gasteiger partial charge on any atom is 0.334 e. The van der Waals surface area contributed by atoms with Gasteiger partial charge in [0.2, 0.25) is 0 Å². The number of carbonyl (C=O) groups excluding carboxylic acids is 1. The molecule has 3 atom stereocenters. The molecule has 0 aromatic carbocycles. The van der Waals surface area contributed by atoms with Crippen LogP contribution >= 0.6 is 0 Å². The van der Waals surface area contributed by atoms with Gasteiger partial charge in [-0.1, -0.05) is 37.6 Å². The maximum atomic E-state index is 12.0. The van der Waals surface area contributed by atoms with Crippen molar-refractivity contribution in [1.29, 1.82) is 0 Å². The van der Waals surface area contributed by atoms with Crippen molar-refractivity contribution in [3.05, 3.63) is 35.5 Å². The lowest BCUT2D eigenvalue weighted by Gasteiger charge is -2.30. The van der Waals surface area contributed by atoms with E-state index in [1.165, 1.54) is 0 Å². The molecule has 4 nitrogen and oxygen atoms in total. The van der Waals surface area contributed by atoms with Crippen LogP contribution in [0.3, 0.4) is 0 Å². The first kappa shape index (κ1) is 18.9. The molecule has 0 spiro atoms. The van der Waals surface area contributed by atoms with Crippen LogP contribution in [0.4, 0.5) is 0 Å². The number of esters is 1. The van der Waals surface area contributed by atoms with Crippen LogP contribution in [0.25, 0.3) is 0 Å². The van der Waals surface area contributed by atoms with Crippen LogP contribution in [0.2, 0.25) is 0 Å². The summed E-state index contributed by atoms with van der Waals surface area (Å²) in [6.07, 6.45) is 10.1. The molecule has 2 bridgehead atoms. The lowest BCUT2D eigenvalue weighted by Crippen LogP contribution is -2.34. The van der Waals surface area contributed by atoms with Gasteiger partial charge >= 0.3 is 5.97 Å². The smallest absolute Gasteiger partial charge is 0.334 e. The number of hydrogen-bond donors (Lipinski definition) is 2. The molecule has 2 N–H and O–H groups in total. The van der Waals surface area contributed by atoms with Crippen molar-refractivity contribution in [1.82, 2.24) is 0 Å². The predicted octanol–water partition coefficient (Wildman–Crippen LogP) is 3.44. The van der Waals surface area contributed by atoms with Gasteiger partial charge in [0.05, 0.1) is 11.2 Å². The molecular formula is C20H30O4. The van der Waals surface area contributed by atoms with Gasteiger partial charge < -0.3 is 14.9 Å². The molecule has 1 aliphatic heterocycles. The molecule has 2 rings (SSSR count). The monoisotopic (exact) mass is 334 g/mol. The summed E-state index contributed by atoms with van der Waals surface area (Å²) in [4.78, 5) is 12.0. The number of rotatable bonds is 1. The third-order valence-electron chi connectivity index (χ3n) is 5.10. The SMILES string of the molecule is C/C1=C/CC[C@@](C)(O)/C=C\[C@@](O)(C(C)C)CCC2=C[C@H](C1)OC2=O. The molecule has 0 saturated heterocycles. The van der Waals surface area contributed by atoms with Crippen molar-refractivity contribution < 1.29 is 19.7 Å². The summed E-state index contributed by atoms with van der Waals surface area (Å²) in [6.45, 7) is 7.67. The van der Waals surface area contributed by atoms with Crippen molar-refractivity contribution in [3.63, 3.8) is 0 Å². The molecule has 0 unspecified atom stereocenters. The van der Waals surface area contributed by atoms with Gasteiger partial charge in [-0.2, -0.15) is 0 Å². The van der Waals surface area contributed by atoms with Gasteiger partial charge in [-0.3, -0.25) is 0 Å². The molecule has 1 heterocycles. The minimum Gasteiger partial charge on any atom is -0.454 e. The Morgan fingerprint density at radius 1 is 1.25 bits per heavy atom. The largest absolute Gasteiger partial charge is 0.454 e. The lowest BCUT2D eigenvalue weighted by molar-refractivity contribution is -0.139. The van der Waals surface area contributed by atoms with E-state index in [1.807, 2.05) is 26.8 Å². The second-order valence-corrected chi connectivity index (χ2v) is 7.77. The molecule has 2 aliphatic rings. The van der Waals surface area contributed by atoms with Crippen LogP contribution in [0.15, 0.2) is 35.5 Å². The van der Waals surface area contributed by atoms with E-state index in [0.717, 1.165) is 12.0 Å². The van der Waals surface area contributed by atoms with Crippen LogP contribution in [-0.2, 0) is 9.53 Å². The Morgan fingerprint density at radius 3 is 2.62 bits per heavy atom. The van der Waals surface area contributed by atoms with Crippen LogP contribution in [0, 0.1) is 5.92 Å². The molecule has 0 aromatic rings. The van der Waals surface area contributed by atoms with Crippen molar-refractivity contribution >= 4 is 5.97 Å². The van der Waals surface area contributed by atoms with Gasteiger partial charge in [0.15, 0.2) is 0 Å². The van der Waals surface area contributed by atoms with Crippen molar-refractivity contribution in [3.8, 4) is 0 Å². The summed E-state index contributed by atoms with van der Waals surface area (Å²) < 4.78 is 5.42. The summed E-state index contributed by atoms with van der Waals surface area (Å²) in [5, 5.41) is 21.5. The molecule has 0 saturated carbocycles. The fourth-order valence-corrected chi connectivity index (χ4v) is 3.14. The number of ether oxygens (including phenoxy) is 1. The van der Waals surface area contributed by atoms with Crippen molar-refractivity contribution in [2.45, 2.75) is 77.1 Å². The highest BCUT2D eigenvalue weighted by atomic mass is 16.5. The van der Waals surface area contributed by atoms with Gasteiger partial charge in [0.25, 0.3) is 0 Å². The highest BCUT2D eigenvalue weighted by molar-refractivity contribution is 5.90. The zero-order valence-electron chi connectivity index (χ0n) is 15.2. The molecule has 0 amide bonds. The van der Waals surface area contributed by atoms with Gasteiger partial charge in [-0.05, 0) is 51.5 Å². The van der Waals surface area contributed by atoms with E-state index in [-0.39, 0.29) is 18.0 Å². The zero-order valence-corrected chi connectivity index (χ0v) is 15.2. The normalized spacial score (nSPS) is 38.8. The second kappa shape index (κ2) is 7.24. The molecule has 1 aliphatic carbocycles. The van der Waals surface area contributed by atoms with E-state index in [4.69, 9.17) is 4.74 Å². The predicted molar refractivity (Wildman–Crippen MR) is 94.4 cm³/mol. The first-order chi connectivity index (χ1) is 11.1. The molecule has 0 radical (unpaired) electrons. The average Bonchev–Trinajstić information content (AvgIpc) is 2.81. The third-order valence-corrected chi connectivity index (χ3v) is 5.10. The minimum absolute atomic E-state index is 0.0200. The summed E-state index contributed by atoms with van der Waals surface area (Å²) in [5.74, 6) is -0.293. The van der Waals surface area contributed by atoms with Gasteiger partial charge in [0, 0.05) is 12.0 Å². The number of allylic oxidation sites excluding steroid dienone is 1. The minimum atomic E-state index is -1.06. The molecule has 134 valence electrons. The summed E-state index contributed by atoms with van der Waals surface area (Å²) in [5.41, 5.74) is -0.224. The lowest BCUT2D eigenvalue weighted by atomic mass is 9.82. The number of fused-ring (bicyclic) bond motifs is 1. The van der Waals surface area contributed by atoms with E-state index >= 15 is 0 Å². The topological polar surface area (TPSA) is 66.8 Å². The average molecular weight is 334 g/mol. The summed E-state index contributed by atoms with van der Waals surface area (Å²) in [6, 6.07) is 0. The van der Waals surface area contributed by atoms with E-state index in [9.17, 15) is 15.0 Å². The Balaban J connectivity index is 2.30. The van der Waals surface area contributed by atoms with Crippen LogP contribution < -0.4 is 0 Å².